The Morgan fingerprint density at radius 3 is 2.58 bits per heavy atom. The van der Waals surface area contributed by atoms with Gasteiger partial charge in [-0.05, 0) is 79.0 Å². The van der Waals surface area contributed by atoms with E-state index in [0.717, 1.165) is 41.5 Å². The van der Waals surface area contributed by atoms with Crippen molar-refractivity contribution in [3.8, 4) is 0 Å². The second kappa shape index (κ2) is 6.74. The standard InChI is InChI=1S/C25H27FN4O/c26-17-1-4-22-20(14-17)21(15-28-22)23-19-3-2-18(13-16(19)5-10-30(23)24(27)31)29-11-8-25(6-7-25)9-12-29/h1-4,13-15,23,28H,5-12H2,(H2,27,31). The summed E-state index contributed by atoms with van der Waals surface area (Å²) < 4.78 is 14.0. The number of carbonyl (C=O) groups is 1. The number of carbonyl (C=O) groups excluding carboxylic acids is 1. The van der Waals surface area contributed by atoms with Crippen LogP contribution in [0.4, 0.5) is 14.9 Å². The quantitative estimate of drug-likeness (QED) is 0.633. The summed E-state index contributed by atoms with van der Waals surface area (Å²) in [7, 11) is 0. The number of fused-ring (bicyclic) bond motifs is 2. The minimum atomic E-state index is -0.448. The minimum absolute atomic E-state index is 0.288. The van der Waals surface area contributed by atoms with E-state index < -0.39 is 6.03 Å². The molecule has 5 nitrogen and oxygen atoms in total. The summed E-state index contributed by atoms with van der Waals surface area (Å²) in [5.41, 5.74) is 11.8. The molecule has 3 heterocycles. The van der Waals surface area contributed by atoms with Crippen LogP contribution >= 0.6 is 0 Å². The molecular weight excluding hydrogens is 391 g/mol. The summed E-state index contributed by atoms with van der Waals surface area (Å²) in [4.78, 5) is 19.7. The second-order valence-electron chi connectivity index (χ2n) is 9.49. The minimum Gasteiger partial charge on any atom is -0.371 e. The molecule has 2 amide bonds. The monoisotopic (exact) mass is 418 g/mol. The summed E-state index contributed by atoms with van der Waals surface area (Å²) in [6.45, 7) is 2.80. The summed E-state index contributed by atoms with van der Waals surface area (Å²) in [6.07, 6.45) is 8.05. The van der Waals surface area contributed by atoms with Crippen LogP contribution in [0.1, 0.15) is 48.4 Å². The van der Waals surface area contributed by atoms with Crippen molar-refractivity contribution in [2.45, 2.75) is 38.1 Å². The molecule has 2 aliphatic heterocycles. The normalized spacial score (nSPS) is 22.0. The Balaban J connectivity index is 1.39. The molecule has 0 radical (unpaired) electrons. The average Bonchev–Trinajstić information content (AvgIpc) is 3.40. The number of urea groups is 1. The number of nitrogens with one attached hydrogen (secondary N) is 1. The number of anilines is 1. The van der Waals surface area contributed by atoms with Gasteiger partial charge in [0.25, 0.3) is 0 Å². The van der Waals surface area contributed by atoms with E-state index in [9.17, 15) is 9.18 Å². The van der Waals surface area contributed by atoms with Crippen molar-refractivity contribution in [3.05, 3.63) is 65.1 Å². The predicted octanol–water partition coefficient (Wildman–Crippen LogP) is 4.71. The van der Waals surface area contributed by atoms with Crippen molar-refractivity contribution in [3.63, 3.8) is 0 Å². The highest BCUT2D eigenvalue weighted by atomic mass is 19.1. The van der Waals surface area contributed by atoms with Crippen molar-refractivity contribution >= 4 is 22.6 Å². The van der Waals surface area contributed by atoms with Gasteiger partial charge < -0.3 is 20.5 Å². The molecule has 1 atom stereocenters. The Bertz CT molecular complexity index is 1170. The van der Waals surface area contributed by atoms with E-state index in [-0.39, 0.29) is 11.9 Å². The molecule has 1 spiro atoms. The van der Waals surface area contributed by atoms with Gasteiger partial charge in [-0.1, -0.05) is 6.07 Å². The first-order chi connectivity index (χ1) is 15.0. The smallest absolute Gasteiger partial charge is 0.315 e. The van der Waals surface area contributed by atoms with Crippen molar-refractivity contribution in [2.75, 3.05) is 24.5 Å². The van der Waals surface area contributed by atoms with Gasteiger partial charge in [-0.2, -0.15) is 0 Å². The summed E-state index contributed by atoms with van der Waals surface area (Å²) >= 11 is 0. The molecule has 3 aromatic rings. The Morgan fingerprint density at radius 2 is 1.84 bits per heavy atom. The first-order valence-corrected chi connectivity index (χ1v) is 11.2. The van der Waals surface area contributed by atoms with Gasteiger partial charge in [0.15, 0.2) is 0 Å². The number of hydrogen-bond donors (Lipinski definition) is 2. The molecule has 1 aromatic heterocycles. The van der Waals surface area contributed by atoms with Gasteiger partial charge in [0.1, 0.15) is 5.82 Å². The van der Waals surface area contributed by atoms with E-state index >= 15 is 0 Å². The molecule has 1 saturated heterocycles. The third-order valence-electron chi connectivity index (χ3n) is 7.75. The molecule has 6 rings (SSSR count). The number of hydrogen-bond acceptors (Lipinski definition) is 2. The van der Waals surface area contributed by atoms with Crippen LogP contribution in [0.15, 0.2) is 42.6 Å². The summed E-state index contributed by atoms with van der Waals surface area (Å²) in [6, 6.07) is 10.6. The fraction of sp³-hybridized carbons (Fsp3) is 0.400. The molecule has 3 N–H and O–H groups in total. The van der Waals surface area contributed by atoms with E-state index in [1.165, 1.54) is 49.1 Å². The number of nitrogens with zero attached hydrogens (tertiary/aromatic N) is 2. The molecule has 6 heteroatoms. The fourth-order valence-electron chi connectivity index (χ4n) is 5.64. The van der Waals surface area contributed by atoms with Gasteiger partial charge in [0, 0.05) is 48.0 Å². The topological polar surface area (TPSA) is 65.4 Å². The van der Waals surface area contributed by atoms with Crippen LogP contribution < -0.4 is 10.6 Å². The Labute approximate surface area is 181 Å². The van der Waals surface area contributed by atoms with E-state index in [4.69, 9.17) is 5.73 Å². The predicted molar refractivity (Wildman–Crippen MR) is 120 cm³/mol. The molecule has 1 aliphatic carbocycles. The first kappa shape index (κ1) is 18.7. The number of primary amides is 1. The summed E-state index contributed by atoms with van der Waals surface area (Å²) in [5, 5.41) is 0.791. The van der Waals surface area contributed by atoms with Crippen LogP contribution in [0, 0.1) is 11.2 Å². The summed E-state index contributed by atoms with van der Waals surface area (Å²) in [5.74, 6) is -0.288. The van der Waals surface area contributed by atoms with E-state index in [0.29, 0.717) is 12.0 Å². The van der Waals surface area contributed by atoms with Crippen molar-refractivity contribution in [1.29, 1.82) is 0 Å². The van der Waals surface area contributed by atoms with Crippen molar-refractivity contribution in [1.82, 2.24) is 9.88 Å². The number of piperidine rings is 1. The van der Waals surface area contributed by atoms with E-state index in [1.807, 2.05) is 6.20 Å². The van der Waals surface area contributed by atoms with Gasteiger partial charge >= 0.3 is 6.03 Å². The van der Waals surface area contributed by atoms with Crippen molar-refractivity contribution in [2.24, 2.45) is 11.1 Å². The van der Waals surface area contributed by atoms with Crippen LogP contribution in [-0.2, 0) is 6.42 Å². The van der Waals surface area contributed by atoms with Crippen LogP contribution in [0.25, 0.3) is 10.9 Å². The third-order valence-corrected chi connectivity index (χ3v) is 7.75. The molecule has 2 aromatic carbocycles. The highest BCUT2D eigenvalue weighted by Crippen LogP contribution is 2.54. The van der Waals surface area contributed by atoms with Crippen LogP contribution in [-0.4, -0.2) is 35.5 Å². The Kier molecular flexibility index (Phi) is 4.07. The lowest BCUT2D eigenvalue weighted by molar-refractivity contribution is 0.190. The molecule has 31 heavy (non-hydrogen) atoms. The largest absolute Gasteiger partial charge is 0.371 e. The van der Waals surface area contributed by atoms with Gasteiger partial charge in [-0.25, -0.2) is 9.18 Å². The lowest BCUT2D eigenvalue weighted by Gasteiger charge is -2.38. The fourth-order valence-corrected chi connectivity index (χ4v) is 5.64. The number of rotatable bonds is 2. The molecular formula is C25H27FN4O. The number of aromatic nitrogens is 1. The first-order valence-electron chi connectivity index (χ1n) is 11.2. The van der Waals surface area contributed by atoms with Crippen LogP contribution in [0.3, 0.4) is 0 Å². The number of nitrogens with two attached hydrogens (primary N) is 1. The lowest BCUT2D eigenvalue weighted by atomic mass is 9.87. The Hall–Kier alpha value is -3.02. The maximum atomic E-state index is 14.0. The van der Waals surface area contributed by atoms with Gasteiger partial charge in [-0.3, -0.25) is 0 Å². The number of H-pyrrole nitrogens is 1. The SMILES string of the molecule is NC(=O)N1CCc2cc(N3CCC4(CC3)CC4)ccc2C1c1c[nH]c2ccc(F)cc12. The number of aromatic amines is 1. The van der Waals surface area contributed by atoms with Crippen molar-refractivity contribution < 1.29 is 9.18 Å². The van der Waals surface area contributed by atoms with Crippen LogP contribution in [0.2, 0.25) is 0 Å². The highest BCUT2D eigenvalue weighted by Gasteiger charge is 2.44. The highest BCUT2D eigenvalue weighted by molar-refractivity contribution is 5.85. The lowest BCUT2D eigenvalue weighted by Crippen LogP contribution is -2.43. The molecule has 1 saturated carbocycles. The van der Waals surface area contributed by atoms with E-state index in [2.05, 4.69) is 28.1 Å². The van der Waals surface area contributed by atoms with Gasteiger partial charge in [0.05, 0.1) is 6.04 Å². The maximum absolute atomic E-state index is 14.0. The molecule has 3 aliphatic rings. The third kappa shape index (κ3) is 3.08. The molecule has 0 bridgehead atoms. The number of benzene rings is 2. The van der Waals surface area contributed by atoms with Crippen LogP contribution in [0.5, 0.6) is 0 Å². The zero-order chi connectivity index (χ0) is 21.2. The zero-order valence-corrected chi connectivity index (χ0v) is 17.5. The number of halogens is 1. The maximum Gasteiger partial charge on any atom is 0.315 e. The zero-order valence-electron chi connectivity index (χ0n) is 17.5. The van der Waals surface area contributed by atoms with Gasteiger partial charge in [-0.15, -0.1) is 0 Å². The average molecular weight is 419 g/mol. The molecule has 2 fully saturated rings. The molecule has 160 valence electrons. The molecule has 1 unspecified atom stereocenters. The van der Waals surface area contributed by atoms with Gasteiger partial charge in [0.2, 0.25) is 0 Å². The second-order valence-corrected chi connectivity index (χ2v) is 9.49. The Morgan fingerprint density at radius 1 is 1.03 bits per heavy atom. The number of amides is 2. The van der Waals surface area contributed by atoms with E-state index in [1.54, 1.807) is 11.0 Å².